The van der Waals surface area contributed by atoms with Crippen molar-refractivity contribution in [3.63, 3.8) is 0 Å². The van der Waals surface area contributed by atoms with Crippen LogP contribution in [0.4, 0.5) is 0 Å². The highest BCUT2D eigenvalue weighted by atomic mass is 16.6. The lowest BCUT2D eigenvalue weighted by molar-refractivity contribution is 0.303. The number of epoxide rings is 1. The molecule has 1 saturated heterocycles. The van der Waals surface area contributed by atoms with E-state index in [1.54, 1.807) is 0 Å². The van der Waals surface area contributed by atoms with Gasteiger partial charge in [-0.25, -0.2) is 0 Å². The van der Waals surface area contributed by atoms with Gasteiger partial charge in [-0.15, -0.1) is 0 Å². The Labute approximate surface area is 68.4 Å². The molecule has 0 bridgehead atoms. The van der Waals surface area contributed by atoms with Gasteiger partial charge in [-0.05, 0) is 39.0 Å². The highest BCUT2D eigenvalue weighted by molar-refractivity contribution is 5.10. The minimum atomic E-state index is 0.270. The van der Waals surface area contributed by atoms with E-state index in [1.807, 2.05) is 0 Å². The van der Waals surface area contributed by atoms with Gasteiger partial charge in [0.1, 0.15) is 0 Å². The summed E-state index contributed by atoms with van der Waals surface area (Å²) in [6, 6.07) is 0. The Kier molecular flexibility index (Phi) is 1.40. The van der Waals surface area contributed by atoms with Crippen LogP contribution >= 0.6 is 0 Å². The molecule has 1 aliphatic heterocycles. The maximum atomic E-state index is 5.60. The van der Waals surface area contributed by atoms with E-state index in [-0.39, 0.29) is 5.60 Å². The lowest BCUT2D eigenvalue weighted by Gasteiger charge is -2.22. The fourth-order valence-electron chi connectivity index (χ4n) is 2.09. The van der Waals surface area contributed by atoms with Gasteiger partial charge in [-0.2, -0.15) is 0 Å². The summed E-state index contributed by atoms with van der Waals surface area (Å²) in [6.45, 7) is 8.36. The van der Waals surface area contributed by atoms with Gasteiger partial charge in [0.2, 0.25) is 0 Å². The minimum absolute atomic E-state index is 0.270. The fraction of sp³-hybridized carbons (Fsp3) is 0.800. The standard InChI is InChI=1S/C10H16O/c1-7(2)8-4-5-10(3)9(6-8)11-10/h8-9H,1,4-6H2,2-3H3/t8-,9?,10?/m0/s1. The van der Waals surface area contributed by atoms with Gasteiger partial charge in [0, 0.05) is 0 Å². The van der Waals surface area contributed by atoms with Crippen molar-refractivity contribution in [1.82, 2.24) is 0 Å². The van der Waals surface area contributed by atoms with Crippen LogP contribution in [0.1, 0.15) is 33.1 Å². The third-order valence-electron chi connectivity index (χ3n) is 3.22. The molecule has 1 saturated carbocycles. The largest absolute Gasteiger partial charge is 0.366 e. The average molecular weight is 152 g/mol. The number of hydrogen-bond donors (Lipinski definition) is 0. The smallest absolute Gasteiger partial charge is 0.0920 e. The van der Waals surface area contributed by atoms with Crippen LogP contribution in [-0.4, -0.2) is 11.7 Å². The van der Waals surface area contributed by atoms with Crippen LogP contribution in [-0.2, 0) is 4.74 Å². The predicted octanol–water partition coefficient (Wildman–Crippen LogP) is 2.52. The van der Waals surface area contributed by atoms with Crippen molar-refractivity contribution < 1.29 is 4.74 Å². The van der Waals surface area contributed by atoms with Crippen molar-refractivity contribution in [2.75, 3.05) is 0 Å². The second kappa shape index (κ2) is 2.10. The maximum absolute atomic E-state index is 5.60. The van der Waals surface area contributed by atoms with Gasteiger partial charge >= 0.3 is 0 Å². The Morgan fingerprint density at radius 3 is 2.91 bits per heavy atom. The van der Waals surface area contributed by atoms with E-state index in [0.717, 1.165) is 5.92 Å². The van der Waals surface area contributed by atoms with Gasteiger partial charge in [0.15, 0.2) is 0 Å². The molecule has 1 nitrogen and oxygen atoms in total. The molecule has 0 amide bonds. The van der Waals surface area contributed by atoms with Gasteiger partial charge in [-0.1, -0.05) is 12.2 Å². The Bertz CT molecular complexity index is 197. The van der Waals surface area contributed by atoms with Gasteiger partial charge in [-0.3, -0.25) is 0 Å². The van der Waals surface area contributed by atoms with E-state index >= 15 is 0 Å². The van der Waals surface area contributed by atoms with E-state index in [0.29, 0.717) is 6.10 Å². The molecule has 11 heavy (non-hydrogen) atoms. The van der Waals surface area contributed by atoms with Crippen molar-refractivity contribution in [1.29, 1.82) is 0 Å². The highest BCUT2D eigenvalue weighted by Gasteiger charge is 2.55. The zero-order valence-electron chi connectivity index (χ0n) is 7.39. The summed E-state index contributed by atoms with van der Waals surface area (Å²) in [5, 5.41) is 0. The lowest BCUT2D eigenvalue weighted by Crippen LogP contribution is -2.21. The van der Waals surface area contributed by atoms with Crippen LogP contribution in [0.3, 0.4) is 0 Å². The molecule has 3 atom stereocenters. The van der Waals surface area contributed by atoms with Crippen molar-refractivity contribution in [2.24, 2.45) is 5.92 Å². The van der Waals surface area contributed by atoms with Gasteiger partial charge in [0.25, 0.3) is 0 Å². The summed E-state index contributed by atoms with van der Waals surface area (Å²) in [4.78, 5) is 0. The topological polar surface area (TPSA) is 12.5 Å². The molecule has 0 aromatic carbocycles. The number of ether oxygens (including phenoxy) is 1. The van der Waals surface area contributed by atoms with Crippen LogP contribution in [0.2, 0.25) is 0 Å². The average Bonchev–Trinajstić information content (AvgIpc) is 2.58. The molecule has 2 aliphatic rings. The predicted molar refractivity (Wildman–Crippen MR) is 45.4 cm³/mol. The highest BCUT2D eigenvalue weighted by Crippen LogP contribution is 2.50. The first-order valence-corrected chi connectivity index (χ1v) is 4.45. The second-order valence-electron chi connectivity index (χ2n) is 4.24. The van der Waals surface area contributed by atoms with Gasteiger partial charge in [0.05, 0.1) is 11.7 Å². The Morgan fingerprint density at radius 1 is 1.64 bits per heavy atom. The monoisotopic (exact) mass is 152 g/mol. The first kappa shape index (κ1) is 7.35. The summed E-state index contributed by atoms with van der Waals surface area (Å²) in [7, 11) is 0. The zero-order valence-corrected chi connectivity index (χ0v) is 7.39. The lowest BCUT2D eigenvalue weighted by atomic mass is 9.80. The van der Waals surface area contributed by atoms with Crippen molar-refractivity contribution >= 4 is 0 Å². The van der Waals surface area contributed by atoms with E-state index in [2.05, 4.69) is 20.4 Å². The third-order valence-corrected chi connectivity index (χ3v) is 3.22. The van der Waals surface area contributed by atoms with Crippen LogP contribution in [0.15, 0.2) is 12.2 Å². The molecule has 0 aromatic rings. The van der Waals surface area contributed by atoms with Crippen LogP contribution in [0.25, 0.3) is 0 Å². The summed E-state index contributed by atoms with van der Waals surface area (Å²) >= 11 is 0. The number of fused-ring (bicyclic) bond motifs is 1. The Balaban J connectivity index is 1.98. The molecule has 2 unspecified atom stereocenters. The Morgan fingerprint density at radius 2 is 2.36 bits per heavy atom. The summed E-state index contributed by atoms with van der Waals surface area (Å²) in [5.74, 6) is 0.732. The van der Waals surface area contributed by atoms with E-state index in [4.69, 9.17) is 4.74 Å². The molecular formula is C10H16O. The second-order valence-corrected chi connectivity index (χ2v) is 4.24. The first-order valence-electron chi connectivity index (χ1n) is 4.45. The summed E-state index contributed by atoms with van der Waals surface area (Å²) in [5.41, 5.74) is 1.61. The molecule has 0 radical (unpaired) electrons. The van der Waals surface area contributed by atoms with E-state index in [1.165, 1.54) is 24.8 Å². The zero-order chi connectivity index (χ0) is 8.06. The van der Waals surface area contributed by atoms with E-state index in [9.17, 15) is 0 Å². The van der Waals surface area contributed by atoms with Crippen LogP contribution in [0, 0.1) is 5.92 Å². The maximum Gasteiger partial charge on any atom is 0.0920 e. The quantitative estimate of drug-likeness (QED) is 0.415. The molecular weight excluding hydrogens is 136 g/mol. The molecule has 0 N–H and O–H groups in total. The van der Waals surface area contributed by atoms with Crippen LogP contribution in [0.5, 0.6) is 0 Å². The molecule has 0 spiro atoms. The Hall–Kier alpha value is -0.300. The number of rotatable bonds is 1. The van der Waals surface area contributed by atoms with Crippen molar-refractivity contribution in [2.45, 2.75) is 44.8 Å². The molecule has 0 aromatic heterocycles. The molecule has 62 valence electrons. The number of allylic oxidation sites excluding steroid dienone is 1. The minimum Gasteiger partial charge on any atom is -0.366 e. The molecule has 1 aliphatic carbocycles. The van der Waals surface area contributed by atoms with Crippen molar-refractivity contribution in [3.8, 4) is 0 Å². The number of hydrogen-bond acceptors (Lipinski definition) is 1. The van der Waals surface area contributed by atoms with Gasteiger partial charge < -0.3 is 4.74 Å². The molecule has 2 rings (SSSR count). The summed E-state index contributed by atoms with van der Waals surface area (Å²) < 4.78 is 5.60. The fourth-order valence-corrected chi connectivity index (χ4v) is 2.09. The summed E-state index contributed by atoms with van der Waals surface area (Å²) in [6.07, 6.45) is 4.28. The third kappa shape index (κ3) is 1.12. The molecule has 1 heterocycles. The SMILES string of the molecule is C=C(C)[C@H]1CCC2(C)OC2C1. The first-order chi connectivity index (χ1) is 5.12. The molecule has 2 fully saturated rings. The van der Waals surface area contributed by atoms with Crippen LogP contribution < -0.4 is 0 Å². The normalized spacial score (nSPS) is 48.2. The molecule has 1 heteroatoms. The van der Waals surface area contributed by atoms with Crippen molar-refractivity contribution in [3.05, 3.63) is 12.2 Å². The van der Waals surface area contributed by atoms with E-state index < -0.39 is 0 Å².